The van der Waals surface area contributed by atoms with Crippen LogP contribution >= 0.6 is 11.6 Å². The molecule has 0 radical (unpaired) electrons. The number of amides is 1. The lowest BCUT2D eigenvalue weighted by molar-refractivity contribution is -0.134. The second-order valence-corrected chi connectivity index (χ2v) is 8.06. The maximum absolute atomic E-state index is 12.2. The standard InChI is InChI=1S/C24H26ClNO4/c1-16-5-4-8-20(25)23(16)30-19-12-9-18(10-13-19)15-21(24(28)29)26-22(27)14-11-17-6-2-3-7-17/h4-5,8-10,12-13,15,17H,2-3,6-7,11,14H2,1H3,(H,26,27)(H,28,29)/b21-15+. The van der Waals surface area contributed by atoms with E-state index in [4.69, 9.17) is 16.3 Å². The first-order chi connectivity index (χ1) is 14.4. The Labute approximate surface area is 181 Å². The molecule has 0 bridgehead atoms. The number of carbonyl (C=O) groups excluding carboxylic acids is 1. The van der Waals surface area contributed by atoms with Gasteiger partial charge in [-0.3, -0.25) is 4.79 Å². The van der Waals surface area contributed by atoms with E-state index in [2.05, 4.69) is 5.32 Å². The third kappa shape index (κ3) is 6.10. The van der Waals surface area contributed by atoms with Crippen molar-refractivity contribution in [2.24, 2.45) is 5.92 Å². The second kappa shape index (κ2) is 10.3. The van der Waals surface area contributed by atoms with Gasteiger partial charge in [-0.2, -0.15) is 0 Å². The molecule has 0 unspecified atom stereocenters. The van der Waals surface area contributed by atoms with Crippen LogP contribution in [-0.4, -0.2) is 17.0 Å². The average molecular weight is 428 g/mol. The zero-order valence-electron chi connectivity index (χ0n) is 17.0. The van der Waals surface area contributed by atoms with Crippen LogP contribution in [0.1, 0.15) is 49.7 Å². The van der Waals surface area contributed by atoms with Gasteiger partial charge in [-0.25, -0.2) is 4.79 Å². The molecule has 3 rings (SSSR count). The van der Waals surface area contributed by atoms with E-state index in [1.807, 2.05) is 19.1 Å². The van der Waals surface area contributed by atoms with Crippen molar-refractivity contribution in [1.29, 1.82) is 0 Å². The third-order valence-corrected chi connectivity index (χ3v) is 5.63. The minimum Gasteiger partial charge on any atom is -0.477 e. The number of aliphatic carboxylic acids is 1. The van der Waals surface area contributed by atoms with E-state index in [9.17, 15) is 14.7 Å². The quantitative estimate of drug-likeness (QED) is 0.510. The van der Waals surface area contributed by atoms with Crippen molar-refractivity contribution < 1.29 is 19.4 Å². The van der Waals surface area contributed by atoms with Crippen molar-refractivity contribution in [3.05, 3.63) is 64.3 Å². The van der Waals surface area contributed by atoms with E-state index in [1.54, 1.807) is 30.3 Å². The molecule has 2 aromatic rings. The fraction of sp³-hybridized carbons (Fsp3) is 0.333. The van der Waals surface area contributed by atoms with Crippen LogP contribution in [0.4, 0.5) is 0 Å². The van der Waals surface area contributed by atoms with Gasteiger partial charge in [-0.1, -0.05) is 61.5 Å². The summed E-state index contributed by atoms with van der Waals surface area (Å²) in [5.41, 5.74) is 1.42. The Hall–Kier alpha value is -2.79. The van der Waals surface area contributed by atoms with E-state index in [-0.39, 0.29) is 11.6 Å². The average Bonchev–Trinajstić information content (AvgIpc) is 3.23. The second-order valence-electron chi connectivity index (χ2n) is 7.66. The maximum Gasteiger partial charge on any atom is 0.352 e. The molecule has 0 aromatic heterocycles. The van der Waals surface area contributed by atoms with Crippen LogP contribution in [-0.2, 0) is 9.59 Å². The number of ether oxygens (including phenoxy) is 1. The Kier molecular flexibility index (Phi) is 7.52. The van der Waals surface area contributed by atoms with Crippen molar-refractivity contribution in [3.8, 4) is 11.5 Å². The number of halogens is 1. The van der Waals surface area contributed by atoms with Gasteiger partial charge in [-0.15, -0.1) is 0 Å². The van der Waals surface area contributed by atoms with Gasteiger partial charge in [0.1, 0.15) is 17.2 Å². The van der Waals surface area contributed by atoms with Gasteiger partial charge < -0.3 is 15.2 Å². The van der Waals surface area contributed by atoms with E-state index in [0.29, 0.717) is 34.4 Å². The fourth-order valence-corrected chi connectivity index (χ4v) is 3.92. The molecule has 1 saturated carbocycles. The van der Waals surface area contributed by atoms with Crippen molar-refractivity contribution in [3.63, 3.8) is 0 Å². The molecule has 0 heterocycles. The summed E-state index contributed by atoms with van der Waals surface area (Å²) in [6.07, 6.45) is 7.38. The lowest BCUT2D eigenvalue weighted by atomic mass is 10.0. The van der Waals surface area contributed by atoms with E-state index < -0.39 is 5.97 Å². The first-order valence-electron chi connectivity index (χ1n) is 10.2. The van der Waals surface area contributed by atoms with Crippen LogP contribution in [0.3, 0.4) is 0 Å². The van der Waals surface area contributed by atoms with Crippen LogP contribution in [0.5, 0.6) is 11.5 Å². The van der Waals surface area contributed by atoms with Gasteiger partial charge in [0.15, 0.2) is 0 Å². The molecule has 5 nitrogen and oxygen atoms in total. The number of para-hydroxylation sites is 1. The van der Waals surface area contributed by atoms with Crippen LogP contribution in [0.15, 0.2) is 48.2 Å². The lowest BCUT2D eigenvalue weighted by Crippen LogP contribution is -2.27. The van der Waals surface area contributed by atoms with E-state index in [0.717, 1.165) is 24.8 Å². The first kappa shape index (κ1) is 21.9. The van der Waals surface area contributed by atoms with Gasteiger partial charge in [0.25, 0.3) is 0 Å². The van der Waals surface area contributed by atoms with Crippen molar-refractivity contribution >= 4 is 29.6 Å². The zero-order chi connectivity index (χ0) is 21.5. The number of benzene rings is 2. The highest BCUT2D eigenvalue weighted by atomic mass is 35.5. The van der Waals surface area contributed by atoms with Crippen LogP contribution < -0.4 is 10.1 Å². The summed E-state index contributed by atoms with van der Waals surface area (Å²) < 4.78 is 5.85. The van der Waals surface area contributed by atoms with Gasteiger partial charge in [-0.05, 0) is 54.7 Å². The van der Waals surface area contributed by atoms with Crippen LogP contribution in [0, 0.1) is 12.8 Å². The predicted octanol–water partition coefficient (Wildman–Crippen LogP) is 5.95. The zero-order valence-corrected chi connectivity index (χ0v) is 17.7. The molecular weight excluding hydrogens is 402 g/mol. The number of rotatable bonds is 8. The predicted molar refractivity (Wildman–Crippen MR) is 118 cm³/mol. The normalized spacial score (nSPS) is 14.5. The van der Waals surface area contributed by atoms with E-state index >= 15 is 0 Å². The molecule has 1 fully saturated rings. The monoisotopic (exact) mass is 427 g/mol. The van der Waals surface area contributed by atoms with Crippen LogP contribution in [0.25, 0.3) is 6.08 Å². The number of carboxylic acid groups (broad SMARTS) is 1. The van der Waals surface area contributed by atoms with Gasteiger partial charge in [0.05, 0.1) is 5.02 Å². The third-order valence-electron chi connectivity index (χ3n) is 5.33. The van der Waals surface area contributed by atoms with Crippen molar-refractivity contribution in [2.45, 2.75) is 45.4 Å². The molecule has 1 aliphatic carbocycles. The van der Waals surface area contributed by atoms with Gasteiger partial charge >= 0.3 is 5.97 Å². The van der Waals surface area contributed by atoms with Crippen LogP contribution in [0.2, 0.25) is 5.02 Å². The largest absolute Gasteiger partial charge is 0.477 e. The molecule has 1 aliphatic rings. The molecule has 0 aliphatic heterocycles. The Morgan fingerprint density at radius 2 is 1.87 bits per heavy atom. The molecule has 0 spiro atoms. The number of hydrogen-bond acceptors (Lipinski definition) is 3. The van der Waals surface area contributed by atoms with Gasteiger partial charge in [0, 0.05) is 6.42 Å². The minimum atomic E-state index is -1.17. The smallest absolute Gasteiger partial charge is 0.352 e. The number of carboxylic acids is 1. The molecule has 2 aromatic carbocycles. The number of carbonyl (C=O) groups is 2. The molecule has 0 saturated heterocycles. The SMILES string of the molecule is Cc1cccc(Cl)c1Oc1ccc(/C=C(/NC(=O)CCC2CCCC2)C(=O)O)cc1. The Morgan fingerprint density at radius 3 is 2.50 bits per heavy atom. The molecular formula is C24H26ClNO4. The molecule has 0 atom stereocenters. The number of hydrogen-bond donors (Lipinski definition) is 2. The molecule has 158 valence electrons. The summed E-state index contributed by atoms with van der Waals surface area (Å²) in [6.45, 7) is 1.91. The first-order valence-corrected chi connectivity index (χ1v) is 10.6. The number of nitrogens with one attached hydrogen (secondary N) is 1. The fourth-order valence-electron chi connectivity index (χ4n) is 3.66. The highest BCUT2D eigenvalue weighted by Gasteiger charge is 2.18. The molecule has 1 amide bonds. The highest BCUT2D eigenvalue weighted by Crippen LogP contribution is 2.32. The molecule has 30 heavy (non-hydrogen) atoms. The topological polar surface area (TPSA) is 75.6 Å². The van der Waals surface area contributed by atoms with Crippen molar-refractivity contribution in [1.82, 2.24) is 5.32 Å². The Morgan fingerprint density at radius 1 is 1.17 bits per heavy atom. The summed E-state index contributed by atoms with van der Waals surface area (Å²) in [5.74, 6) is 0.326. The Bertz CT molecular complexity index is 910. The van der Waals surface area contributed by atoms with Gasteiger partial charge in [0.2, 0.25) is 5.91 Å². The molecule has 6 heteroatoms. The summed E-state index contributed by atoms with van der Waals surface area (Å²) >= 11 is 6.19. The summed E-state index contributed by atoms with van der Waals surface area (Å²) in [5, 5.41) is 12.5. The lowest BCUT2D eigenvalue weighted by Gasteiger charge is -2.11. The Balaban J connectivity index is 1.63. The molecule has 2 N–H and O–H groups in total. The highest BCUT2D eigenvalue weighted by molar-refractivity contribution is 6.32. The summed E-state index contributed by atoms with van der Waals surface area (Å²) in [4.78, 5) is 23.7. The maximum atomic E-state index is 12.2. The van der Waals surface area contributed by atoms with Crippen molar-refractivity contribution in [2.75, 3.05) is 0 Å². The van der Waals surface area contributed by atoms with E-state index in [1.165, 1.54) is 18.9 Å². The number of aryl methyl sites for hydroxylation is 1. The summed E-state index contributed by atoms with van der Waals surface area (Å²) in [6, 6.07) is 12.5. The summed E-state index contributed by atoms with van der Waals surface area (Å²) in [7, 11) is 0. The minimum absolute atomic E-state index is 0.137.